The highest BCUT2D eigenvalue weighted by molar-refractivity contribution is 8.15. The van der Waals surface area contributed by atoms with E-state index in [-0.39, 0.29) is 0 Å². The zero-order valence-corrected chi connectivity index (χ0v) is 9.50. The molecule has 1 aromatic heterocycles. The van der Waals surface area contributed by atoms with Gasteiger partial charge in [0.15, 0.2) is 5.17 Å². The van der Waals surface area contributed by atoms with Crippen LogP contribution in [0, 0.1) is 0 Å². The number of hydrogen-bond acceptors (Lipinski definition) is 5. The van der Waals surface area contributed by atoms with Gasteiger partial charge in [-0.15, -0.1) is 0 Å². The normalized spacial score (nSPS) is 20.1. The van der Waals surface area contributed by atoms with Gasteiger partial charge in [-0.05, 0) is 6.42 Å². The van der Waals surface area contributed by atoms with E-state index in [0.717, 1.165) is 17.4 Å². The van der Waals surface area contributed by atoms with Crippen LogP contribution in [0.1, 0.15) is 19.8 Å². The summed E-state index contributed by atoms with van der Waals surface area (Å²) in [7, 11) is 0. The van der Waals surface area contributed by atoms with Gasteiger partial charge in [0.05, 0.1) is 24.6 Å². The highest BCUT2D eigenvalue weighted by Gasteiger charge is 2.18. The molecule has 1 unspecified atom stereocenters. The van der Waals surface area contributed by atoms with Crippen LogP contribution in [-0.2, 0) is 0 Å². The van der Waals surface area contributed by atoms with Crippen molar-refractivity contribution < 1.29 is 0 Å². The van der Waals surface area contributed by atoms with Crippen molar-refractivity contribution in [2.24, 2.45) is 4.99 Å². The number of thioether (sulfide) groups is 1. The molecule has 1 N–H and O–H groups in total. The molecule has 1 aliphatic heterocycles. The second-order valence-electron chi connectivity index (χ2n) is 3.43. The average Bonchev–Trinajstić information content (AvgIpc) is 2.68. The lowest BCUT2D eigenvalue weighted by atomic mass is 10.2. The van der Waals surface area contributed by atoms with Crippen LogP contribution in [0.25, 0.3) is 0 Å². The Labute approximate surface area is 93.6 Å². The number of aliphatic imine (C=N–C) groups is 1. The first kappa shape index (κ1) is 10.4. The van der Waals surface area contributed by atoms with Crippen molar-refractivity contribution in [3.63, 3.8) is 0 Å². The second kappa shape index (κ2) is 5.11. The first-order chi connectivity index (χ1) is 7.38. The van der Waals surface area contributed by atoms with E-state index in [4.69, 9.17) is 0 Å². The molecule has 0 aromatic carbocycles. The maximum Gasteiger partial charge on any atom is 0.161 e. The Kier molecular flexibility index (Phi) is 3.55. The minimum absolute atomic E-state index is 0.641. The van der Waals surface area contributed by atoms with Crippen LogP contribution >= 0.6 is 11.8 Å². The number of anilines is 1. The molecule has 0 bridgehead atoms. The van der Waals surface area contributed by atoms with Gasteiger partial charge in [0, 0.05) is 5.25 Å². The fourth-order valence-electron chi connectivity index (χ4n) is 1.45. The Morgan fingerprint density at radius 3 is 3.00 bits per heavy atom. The molecule has 4 nitrogen and oxygen atoms in total. The Hall–Kier alpha value is -1.10. The minimum atomic E-state index is 0.641. The third-order valence-electron chi connectivity index (χ3n) is 2.14. The number of rotatable bonds is 3. The lowest BCUT2D eigenvalue weighted by molar-refractivity contribution is 0.754. The molecule has 80 valence electrons. The largest absolute Gasteiger partial charge is 0.332 e. The van der Waals surface area contributed by atoms with Crippen molar-refractivity contribution >= 4 is 22.6 Å². The summed E-state index contributed by atoms with van der Waals surface area (Å²) in [4.78, 5) is 12.3. The fourth-order valence-corrected chi connectivity index (χ4v) is 2.59. The molecule has 0 amide bonds. The summed E-state index contributed by atoms with van der Waals surface area (Å²) in [6.45, 7) is 3.13. The maximum absolute atomic E-state index is 4.44. The topological polar surface area (TPSA) is 50.2 Å². The molecule has 0 saturated heterocycles. The van der Waals surface area contributed by atoms with Crippen LogP contribution < -0.4 is 5.32 Å². The molecule has 1 atom stereocenters. The van der Waals surface area contributed by atoms with Gasteiger partial charge in [0.2, 0.25) is 0 Å². The molecular formula is C10H14N4S. The second-order valence-corrected chi connectivity index (χ2v) is 4.72. The predicted octanol–water partition coefficient (Wildman–Crippen LogP) is 2.16. The quantitative estimate of drug-likeness (QED) is 0.851. The van der Waals surface area contributed by atoms with Crippen LogP contribution in [-0.4, -0.2) is 26.9 Å². The lowest BCUT2D eigenvalue weighted by Gasteiger charge is -2.06. The van der Waals surface area contributed by atoms with Gasteiger partial charge in [-0.2, -0.15) is 0 Å². The van der Waals surface area contributed by atoms with Crippen LogP contribution in [0.15, 0.2) is 23.7 Å². The fraction of sp³-hybridized carbons (Fsp3) is 0.500. The van der Waals surface area contributed by atoms with Crippen molar-refractivity contribution in [2.45, 2.75) is 25.0 Å². The van der Waals surface area contributed by atoms with Gasteiger partial charge < -0.3 is 5.32 Å². The van der Waals surface area contributed by atoms with E-state index >= 15 is 0 Å². The Morgan fingerprint density at radius 2 is 2.27 bits per heavy atom. The van der Waals surface area contributed by atoms with Crippen molar-refractivity contribution in [3.05, 3.63) is 18.7 Å². The molecule has 15 heavy (non-hydrogen) atoms. The first-order valence-corrected chi connectivity index (χ1v) is 5.99. The number of amidine groups is 1. The van der Waals surface area contributed by atoms with E-state index in [1.807, 2.05) is 11.8 Å². The Bertz CT molecular complexity index is 339. The van der Waals surface area contributed by atoms with E-state index < -0.39 is 0 Å². The van der Waals surface area contributed by atoms with Crippen LogP contribution in [0.3, 0.4) is 0 Å². The zero-order chi connectivity index (χ0) is 10.5. The standard InChI is InChI=1S/C10H14N4S/c1-2-3-9-6-13-10(15-9)14-8-4-11-7-12-5-8/h4-5,7,9H,2-3,6H2,1H3,(H,13,14). The molecule has 0 aliphatic carbocycles. The molecular weight excluding hydrogens is 208 g/mol. The van der Waals surface area contributed by atoms with Gasteiger partial charge in [-0.25, -0.2) is 9.97 Å². The number of nitrogens with zero attached hydrogens (tertiary/aromatic N) is 3. The molecule has 0 fully saturated rings. The van der Waals surface area contributed by atoms with Gasteiger partial charge >= 0.3 is 0 Å². The van der Waals surface area contributed by atoms with E-state index in [2.05, 4.69) is 27.2 Å². The summed E-state index contributed by atoms with van der Waals surface area (Å²) < 4.78 is 0. The summed E-state index contributed by atoms with van der Waals surface area (Å²) in [5.74, 6) is 0. The van der Waals surface area contributed by atoms with Crippen molar-refractivity contribution in [1.29, 1.82) is 0 Å². The van der Waals surface area contributed by atoms with Gasteiger partial charge in [-0.3, -0.25) is 4.99 Å². The maximum atomic E-state index is 4.44. The molecule has 0 spiro atoms. The average molecular weight is 222 g/mol. The van der Waals surface area contributed by atoms with Gasteiger partial charge in [0.1, 0.15) is 6.33 Å². The highest BCUT2D eigenvalue weighted by atomic mass is 32.2. The molecule has 5 heteroatoms. The third kappa shape index (κ3) is 2.92. The van der Waals surface area contributed by atoms with E-state index in [1.54, 1.807) is 12.4 Å². The molecule has 0 saturated carbocycles. The van der Waals surface area contributed by atoms with Crippen molar-refractivity contribution in [2.75, 3.05) is 11.9 Å². The molecule has 2 heterocycles. The highest BCUT2D eigenvalue weighted by Crippen LogP contribution is 2.25. The molecule has 1 aromatic rings. The number of nitrogens with one attached hydrogen (secondary N) is 1. The Morgan fingerprint density at radius 1 is 1.47 bits per heavy atom. The van der Waals surface area contributed by atoms with Gasteiger partial charge in [0.25, 0.3) is 0 Å². The minimum Gasteiger partial charge on any atom is -0.332 e. The SMILES string of the molecule is CCCC1CN=C(Nc2cncnc2)S1. The van der Waals surface area contributed by atoms with Crippen molar-refractivity contribution in [3.8, 4) is 0 Å². The van der Waals surface area contributed by atoms with E-state index in [1.165, 1.54) is 19.2 Å². The summed E-state index contributed by atoms with van der Waals surface area (Å²) in [6, 6.07) is 0. The third-order valence-corrected chi connectivity index (χ3v) is 3.31. The lowest BCUT2D eigenvalue weighted by Crippen LogP contribution is -2.07. The van der Waals surface area contributed by atoms with Crippen LogP contribution in [0.5, 0.6) is 0 Å². The van der Waals surface area contributed by atoms with Crippen molar-refractivity contribution in [1.82, 2.24) is 9.97 Å². The molecule has 2 rings (SSSR count). The van der Waals surface area contributed by atoms with E-state index in [0.29, 0.717) is 5.25 Å². The summed E-state index contributed by atoms with van der Waals surface area (Å²) in [5.41, 5.74) is 0.904. The van der Waals surface area contributed by atoms with Crippen LogP contribution in [0.4, 0.5) is 5.69 Å². The Balaban J connectivity index is 1.87. The smallest absolute Gasteiger partial charge is 0.161 e. The summed E-state index contributed by atoms with van der Waals surface area (Å²) >= 11 is 1.81. The number of aromatic nitrogens is 2. The monoisotopic (exact) mass is 222 g/mol. The molecule has 0 radical (unpaired) electrons. The van der Waals surface area contributed by atoms with Gasteiger partial charge in [-0.1, -0.05) is 25.1 Å². The van der Waals surface area contributed by atoms with Crippen LogP contribution in [0.2, 0.25) is 0 Å². The summed E-state index contributed by atoms with van der Waals surface area (Å²) in [6.07, 6.45) is 7.47. The first-order valence-electron chi connectivity index (χ1n) is 5.11. The predicted molar refractivity (Wildman–Crippen MR) is 64.2 cm³/mol. The molecule has 1 aliphatic rings. The number of hydrogen-bond donors (Lipinski definition) is 1. The van der Waals surface area contributed by atoms with E-state index in [9.17, 15) is 0 Å². The zero-order valence-electron chi connectivity index (χ0n) is 8.68. The summed E-state index contributed by atoms with van der Waals surface area (Å²) in [5, 5.41) is 4.85.